The predicted octanol–water partition coefficient (Wildman–Crippen LogP) is 3.04. The van der Waals surface area contributed by atoms with Crippen molar-refractivity contribution in [3.8, 4) is 11.3 Å². The van der Waals surface area contributed by atoms with Crippen molar-refractivity contribution in [2.75, 3.05) is 45.2 Å². The van der Waals surface area contributed by atoms with Crippen LogP contribution < -0.4 is 10.2 Å². The van der Waals surface area contributed by atoms with Crippen LogP contribution in [0.1, 0.15) is 30.0 Å². The van der Waals surface area contributed by atoms with Crippen molar-refractivity contribution in [3.05, 3.63) is 66.0 Å². The van der Waals surface area contributed by atoms with Gasteiger partial charge in [-0.3, -0.25) is 9.88 Å². The van der Waals surface area contributed by atoms with E-state index in [-0.39, 0.29) is 0 Å². The Morgan fingerprint density at radius 3 is 2.70 bits per heavy atom. The highest BCUT2D eigenvalue weighted by atomic mass is 15.2. The summed E-state index contributed by atoms with van der Waals surface area (Å²) in [5, 5.41) is 3.42. The molecule has 1 aromatic carbocycles. The van der Waals surface area contributed by atoms with E-state index in [1.54, 1.807) is 6.33 Å². The Hall–Kier alpha value is -3.36. The molecule has 0 amide bonds. The van der Waals surface area contributed by atoms with Gasteiger partial charge in [-0.15, -0.1) is 0 Å². The first-order valence-corrected chi connectivity index (χ1v) is 11.4. The van der Waals surface area contributed by atoms with Gasteiger partial charge in [0.25, 0.3) is 0 Å². The molecule has 1 aliphatic rings. The fraction of sp³-hybridized carbons (Fsp3) is 0.360. The smallest absolute Gasteiger partial charge is 0.132 e. The lowest BCUT2D eigenvalue weighted by molar-refractivity contribution is 0.185. The minimum atomic E-state index is 0.381. The summed E-state index contributed by atoms with van der Waals surface area (Å²) in [5.41, 5.74) is 6.20. The lowest BCUT2D eigenvalue weighted by Crippen LogP contribution is -2.44. The zero-order valence-corrected chi connectivity index (χ0v) is 19.4. The van der Waals surface area contributed by atoms with Crippen LogP contribution in [0.2, 0.25) is 0 Å². The monoisotopic (exact) mass is 442 g/mol. The lowest BCUT2D eigenvalue weighted by Gasteiger charge is -2.33. The second-order valence-corrected chi connectivity index (χ2v) is 8.79. The van der Waals surface area contributed by atoms with E-state index in [0.29, 0.717) is 12.5 Å². The summed E-state index contributed by atoms with van der Waals surface area (Å²) >= 11 is 0. The second kappa shape index (κ2) is 9.25. The van der Waals surface area contributed by atoms with E-state index in [0.717, 1.165) is 65.8 Å². The highest BCUT2D eigenvalue weighted by Crippen LogP contribution is 2.25. The zero-order chi connectivity index (χ0) is 22.8. The minimum Gasteiger partial charge on any atom is -0.363 e. The molecule has 4 aromatic rings. The van der Waals surface area contributed by atoms with Gasteiger partial charge in [0.2, 0.25) is 0 Å². The van der Waals surface area contributed by atoms with E-state index in [2.05, 4.69) is 61.3 Å². The van der Waals surface area contributed by atoms with Gasteiger partial charge in [-0.2, -0.15) is 0 Å². The number of nitrogens with one attached hydrogen (secondary N) is 2. The van der Waals surface area contributed by atoms with E-state index in [9.17, 15) is 0 Å². The van der Waals surface area contributed by atoms with Gasteiger partial charge in [0.05, 0.1) is 16.7 Å². The number of aromatic amines is 1. The fourth-order valence-electron chi connectivity index (χ4n) is 4.36. The quantitative estimate of drug-likeness (QED) is 0.475. The van der Waals surface area contributed by atoms with Crippen LogP contribution in [-0.4, -0.2) is 70.1 Å². The Morgan fingerprint density at radius 1 is 1.03 bits per heavy atom. The molecule has 2 N–H and O–H groups in total. The van der Waals surface area contributed by atoms with Crippen molar-refractivity contribution >= 4 is 16.9 Å². The number of anilines is 1. The van der Waals surface area contributed by atoms with Crippen LogP contribution in [0.15, 0.2) is 48.9 Å². The third kappa shape index (κ3) is 4.72. The van der Waals surface area contributed by atoms with Crippen molar-refractivity contribution < 1.29 is 0 Å². The molecule has 1 unspecified atom stereocenters. The normalized spacial score (nSPS) is 15.6. The molecular formula is C25H30N8. The number of hydrogen-bond donors (Lipinski definition) is 2. The molecule has 33 heavy (non-hydrogen) atoms. The third-order valence-electron chi connectivity index (χ3n) is 6.31. The Morgan fingerprint density at radius 2 is 1.88 bits per heavy atom. The van der Waals surface area contributed by atoms with Crippen molar-refractivity contribution in [3.63, 3.8) is 0 Å². The van der Waals surface area contributed by atoms with Crippen LogP contribution in [-0.2, 0) is 6.42 Å². The average Bonchev–Trinajstić information content (AvgIpc) is 3.25. The van der Waals surface area contributed by atoms with Gasteiger partial charge in [0.1, 0.15) is 18.0 Å². The number of fused-ring (bicyclic) bond motifs is 1. The topological polar surface area (TPSA) is 85.9 Å². The molecule has 1 saturated heterocycles. The molecule has 0 saturated carbocycles. The molecular weight excluding hydrogens is 412 g/mol. The van der Waals surface area contributed by atoms with Crippen LogP contribution in [0.4, 0.5) is 5.82 Å². The number of H-pyrrole nitrogens is 1. The SMILES string of the molecule is CC(c1ccnc(Cc2nc3ccc(-c4cc(N(C)C)ncn4)cc3[nH]2)c1)N1CCNCC1. The van der Waals surface area contributed by atoms with Gasteiger partial charge < -0.3 is 15.2 Å². The van der Waals surface area contributed by atoms with E-state index in [4.69, 9.17) is 4.98 Å². The third-order valence-corrected chi connectivity index (χ3v) is 6.31. The summed E-state index contributed by atoms with van der Waals surface area (Å²) in [5.74, 6) is 1.80. The summed E-state index contributed by atoms with van der Waals surface area (Å²) in [6.45, 7) is 6.53. The molecule has 5 rings (SSSR count). The van der Waals surface area contributed by atoms with E-state index in [1.165, 1.54) is 5.56 Å². The molecule has 3 aromatic heterocycles. The van der Waals surface area contributed by atoms with Crippen LogP contribution in [0, 0.1) is 0 Å². The molecule has 4 heterocycles. The summed E-state index contributed by atoms with van der Waals surface area (Å²) in [7, 11) is 3.95. The van der Waals surface area contributed by atoms with Gasteiger partial charge in [-0.1, -0.05) is 6.07 Å². The molecule has 1 aliphatic heterocycles. The largest absolute Gasteiger partial charge is 0.363 e. The first kappa shape index (κ1) is 21.5. The maximum atomic E-state index is 4.80. The molecule has 0 radical (unpaired) electrons. The first-order valence-electron chi connectivity index (χ1n) is 11.4. The van der Waals surface area contributed by atoms with Gasteiger partial charge in [-0.25, -0.2) is 15.0 Å². The van der Waals surface area contributed by atoms with Gasteiger partial charge >= 0.3 is 0 Å². The summed E-state index contributed by atoms with van der Waals surface area (Å²) < 4.78 is 0. The number of pyridine rings is 1. The van der Waals surface area contributed by atoms with Crippen LogP contribution >= 0.6 is 0 Å². The number of imidazole rings is 1. The maximum Gasteiger partial charge on any atom is 0.132 e. The molecule has 170 valence electrons. The minimum absolute atomic E-state index is 0.381. The van der Waals surface area contributed by atoms with Crippen LogP contribution in [0.3, 0.4) is 0 Å². The molecule has 8 nitrogen and oxygen atoms in total. The average molecular weight is 443 g/mol. The Balaban J connectivity index is 1.36. The fourth-order valence-corrected chi connectivity index (χ4v) is 4.36. The van der Waals surface area contributed by atoms with Crippen molar-refractivity contribution in [1.29, 1.82) is 0 Å². The van der Waals surface area contributed by atoms with Crippen molar-refractivity contribution in [2.45, 2.75) is 19.4 Å². The predicted molar refractivity (Wildman–Crippen MR) is 131 cm³/mol. The van der Waals surface area contributed by atoms with Crippen molar-refractivity contribution in [1.82, 2.24) is 35.1 Å². The Kier molecular flexibility index (Phi) is 6.02. The molecule has 1 atom stereocenters. The summed E-state index contributed by atoms with van der Waals surface area (Å²) in [6.07, 6.45) is 4.19. The lowest BCUT2D eigenvalue weighted by atomic mass is 10.1. The number of aromatic nitrogens is 5. The highest BCUT2D eigenvalue weighted by molar-refractivity contribution is 5.81. The van der Waals surface area contributed by atoms with Gasteiger partial charge in [-0.05, 0) is 36.8 Å². The Bertz CT molecular complexity index is 1240. The van der Waals surface area contributed by atoms with Gasteiger partial charge in [0, 0.05) is 76.3 Å². The number of benzene rings is 1. The standard InChI is InChI=1S/C25H30N8/c1-17(33-10-8-26-9-11-33)18-6-7-27-20(12-18)14-24-30-21-5-4-19(13-23(21)31-24)22-15-25(32(2)3)29-16-28-22/h4-7,12-13,15-17,26H,8-11,14H2,1-3H3,(H,30,31). The summed E-state index contributed by atoms with van der Waals surface area (Å²) in [6, 6.07) is 12.9. The molecule has 8 heteroatoms. The maximum absolute atomic E-state index is 4.80. The molecule has 0 bridgehead atoms. The van der Waals surface area contributed by atoms with E-state index >= 15 is 0 Å². The van der Waals surface area contributed by atoms with E-state index in [1.807, 2.05) is 37.3 Å². The zero-order valence-electron chi connectivity index (χ0n) is 19.4. The first-order chi connectivity index (χ1) is 16.1. The molecule has 0 spiro atoms. The summed E-state index contributed by atoms with van der Waals surface area (Å²) in [4.78, 5) is 26.1. The number of rotatable bonds is 6. The van der Waals surface area contributed by atoms with E-state index < -0.39 is 0 Å². The molecule has 1 fully saturated rings. The number of piperazine rings is 1. The second-order valence-electron chi connectivity index (χ2n) is 8.79. The Labute approximate surface area is 194 Å². The molecule has 0 aliphatic carbocycles. The van der Waals surface area contributed by atoms with Crippen LogP contribution in [0.25, 0.3) is 22.3 Å². The highest BCUT2D eigenvalue weighted by Gasteiger charge is 2.18. The van der Waals surface area contributed by atoms with Gasteiger partial charge in [0.15, 0.2) is 0 Å². The van der Waals surface area contributed by atoms with Crippen LogP contribution in [0.5, 0.6) is 0 Å². The number of hydrogen-bond acceptors (Lipinski definition) is 7. The number of nitrogens with zero attached hydrogens (tertiary/aromatic N) is 6. The van der Waals surface area contributed by atoms with Crippen molar-refractivity contribution in [2.24, 2.45) is 0 Å².